The van der Waals surface area contributed by atoms with Crippen LogP contribution in [-0.4, -0.2) is 0 Å². The average Bonchev–Trinajstić information content (AvgIpc) is 2.35. The second kappa shape index (κ2) is 5.39. The van der Waals surface area contributed by atoms with E-state index in [4.69, 9.17) is 0 Å². The number of fused-ring (bicyclic) bond motifs is 1. The van der Waals surface area contributed by atoms with Crippen molar-refractivity contribution in [1.29, 1.82) is 0 Å². The van der Waals surface area contributed by atoms with Crippen molar-refractivity contribution in [2.24, 2.45) is 5.92 Å². The van der Waals surface area contributed by atoms with E-state index < -0.39 is 0 Å². The first kappa shape index (κ1) is 12.9. The van der Waals surface area contributed by atoms with Crippen LogP contribution in [0.1, 0.15) is 44.7 Å². The van der Waals surface area contributed by atoms with E-state index >= 15 is 0 Å². The third kappa shape index (κ3) is 2.64. The number of benzene rings is 2. The molecule has 0 radical (unpaired) electrons. The molecule has 0 bridgehead atoms. The number of hydrogen-bond donors (Lipinski definition) is 0. The van der Waals surface area contributed by atoms with Gasteiger partial charge in [-0.3, -0.25) is 0 Å². The van der Waals surface area contributed by atoms with Crippen LogP contribution in [-0.2, 0) is 0 Å². The Bertz CT molecular complexity index is 559. The van der Waals surface area contributed by atoms with Crippen molar-refractivity contribution in [2.75, 3.05) is 0 Å². The fraction of sp³-hybridized carbons (Fsp3) is 0.333. The molecule has 0 N–H and O–H groups in total. The van der Waals surface area contributed by atoms with Gasteiger partial charge in [-0.25, -0.2) is 0 Å². The third-order valence-electron chi connectivity index (χ3n) is 3.27. The molecule has 0 saturated heterocycles. The van der Waals surface area contributed by atoms with E-state index in [1.165, 1.54) is 21.9 Å². The summed E-state index contributed by atoms with van der Waals surface area (Å²) in [4.78, 5) is 0. The highest BCUT2D eigenvalue weighted by molar-refractivity contribution is 5.93. The van der Waals surface area contributed by atoms with Gasteiger partial charge in [0, 0.05) is 0 Å². The lowest BCUT2D eigenvalue weighted by molar-refractivity contribution is 0.836. The molecule has 94 valence electrons. The highest BCUT2D eigenvalue weighted by Crippen LogP contribution is 2.28. The Labute approximate surface area is 110 Å². The molecular formula is C18H22. The topological polar surface area (TPSA) is 0 Å². The van der Waals surface area contributed by atoms with Gasteiger partial charge in [-0.2, -0.15) is 0 Å². The SMILES string of the molecule is CC(C)/C=C/c1ccc(C(C)C)c2ccccc12. The van der Waals surface area contributed by atoms with Crippen molar-refractivity contribution >= 4 is 16.8 Å². The maximum atomic E-state index is 2.27. The smallest absolute Gasteiger partial charge is 0.0109 e. The Hall–Kier alpha value is -1.56. The summed E-state index contributed by atoms with van der Waals surface area (Å²) in [5.41, 5.74) is 2.76. The van der Waals surface area contributed by atoms with Gasteiger partial charge in [0.2, 0.25) is 0 Å². The summed E-state index contributed by atoms with van der Waals surface area (Å²) >= 11 is 0. The Balaban J connectivity index is 2.61. The predicted molar refractivity (Wildman–Crippen MR) is 81.9 cm³/mol. The lowest BCUT2D eigenvalue weighted by atomic mass is 9.93. The van der Waals surface area contributed by atoms with Gasteiger partial charge in [-0.05, 0) is 33.7 Å². The number of hydrogen-bond acceptors (Lipinski definition) is 0. The zero-order valence-corrected chi connectivity index (χ0v) is 11.8. The fourth-order valence-corrected chi connectivity index (χ4v) is 2.29. The molecule has 0 spiro atoms. The van der Waals surface area contributed by atoms with Crippen LogP contribution in [0.2, 0.25) is 0 Å². The van der Waals surface area contributed by atoms with Gasteiger partial charge in [0.1, 0.15) is 0 Å². The Morgan fingerprint density at radius 2 is 1.50 bits per heavy atom. The fourth-order valence-electron chi connectivity index (χ4n) is 2.29. The molecule has 0 amide bonds. The third-order valence-corrected chi connectivity index (χ3v) is 3.27. The molecule has 0 aliphatic heterocycles. The zero-order chi connectivity index (χ0) is 13.1. The largest absolute Gasteiger partial charge is 0.0814 e. The molecule has 0 aliphatic carbocycles. The molecular weight excluding hydrogens is 216 g/mol. The Morgan fingerprint density at radius 1 is 0.833 bits per heavy atom. The summed E-state index contributed by atoms with van der Waals surface area (Å²) in [5.74, 6) is 1.16. The number of rotatable bonds is 3. The normalized spacial score (nSPS) is 12.1. The minimum absolute atomic E-state index is 0.568. The van der Waals surface area contributed by atoms with Crippen LogP contribution in [0, 0.1) is 5.92 Å². The summed E-state index contributed by atoms with van der Waals surface area (Å²) < 4.78 is 0. The molecule has 0 unspecified atom stereocenters. The first-order valence-corrected chi connectivity index (χ1v) is 6.79. The van der Waals surface area contributed by atoms with E-state index in [1.54, 1.807) is 0 Å². The summed E-state index contributed by atoms with van der Waals surface area (Å²) in [6.45, 7) is 8.93. The highest BCUT2D eigenvalue weighted by atomic mass is 14.1. The lowest BCUT2D eigenvalue weighted by Crippen LogP contribution is -1.91. The minimum atomic E-state index is 0.568. The molecule has 2 aromatic rings. The molecule has 0 aromatic heterocycles. The Kier molecular flexibility index (Phi) is 3.86. The van der Waals surface area contributed by atoms with Crippen molar-refractivity contribution in [3.8, 4) is 0 Å². The van der Waals surface area contributed by atoms with Crippen LogP contribution in [0.3, 0.4) is 0 Å². The van der Waals surface area contributed by atoms with Crippen molar-refractivity contribution in [3.63, 3.8) is 0 Å². The molecule has 0 saturated carbocycles. The van der Waals surface area contributed by atoms with E-state index in [0.717, 1.165) is 0 Å². The van der Waals surface area contributed by atoms with Gasteiger partial charge in [0.05, 0.1) is 0 Å². The quantitative estimate of drug-likeness (QED) is 0.650. The van der Waals surface area contributed by atoms with Crippen molar-refractivity contribution in [3.05, 3.63) is 53.6 Å². The van der Waals surface area contributed by atoms with Gasteiger partial charge in [-0.1, -0.05) is 76.2 Å². The van der Waals surface area contributed by atoms with Crippen LogP contribution in [0.15, 0.2) is 42.5 Å². The summed E-state index contributed by atoms with van der Waals surface area (Å²) in [7, 11) is 0. The van der Waals surface area contributed by atoms with Crippen LogP contribution in [0.5, 0.6) is 0 Å². The van der Waals surface area contributed by atoms with Crippen LogP contribution in [0.4, 0.5) is 0 Å². The maximum absolute atomic E-state index is 2.27. The second-order valence-corrected chi connectivity index (χ2v) is 5.55. The van der Waals surface area contributed by atoms with E-state index in [0.29, 0.717) is 11.8 Å². The summed E-state index contributed by atoms with van der Waals surface area (Å²) in [6, 6.07) is 13.2. The summed E-state index contributed by atoms with van der Waals surface area (Å²) in [5, 5.41) is 2.75. The predicted octanol–water partition coefficient (Wildman–Crippen LogP) is 5.63. The van der Waals surface area contributed by atoms with E-state index in [9.17, 15) is 0 Å². The van der Waals surface area contributed by atoms with Crippen LogP contribution in [0.25, 0.3) is 16.8 Å². The van der Waals surface area contributed by atoms with Gasteiger partial charge in [-0.15, -0.1) is 0 Å². The highest BCUT2D eigenvalue weighted by Gasteiger charge is 2.06. The molecule has 0 fully saturated rings. The van der Waals surface area contributed by atoms with E-state index in [1.807, 2.05) is 0 Å². The maximum Gasteiger partial charge on any atom is -0.0109 e. The monoisotopic (exact) mass is 238 g/mol. The molecule has 0 atom stereocenters. The molecule has 0 heterocycles. The molecule has 0 nitrogen and oxygen atoms in total. The molecule has 0 aliphatic rings. The average molecular weight is 238 g/mol. The van der Waals surface area contributed by atoms with Gasteiger partial charge in [0.25, 0.3) is 0 Å². The van der Waals surface area contributed by atoms with Crippen LogP contribution < -0.4 is 0 Å². The lowest BCUT2D eigenvalue weighted by Gasteiger charge is -2.12. The summed E-state index contributed by atoms with van der Waals surface area (Å²) in [6.07, 6.45) is 4.51. The van der Waals surface area contributed by atoms with Crippen LogP contribution >= 0.6 is 0 Å². The Morgan fingerprint density at radius 3 is 2.11 bits per heavy atom. The molecule has 2 aromatic carbocycles. The van der Waals surface area contributed by atoms with Crippen molar-refractivity contribution in [1.82, 2.24) is 0 Å². The molecule has 2 rings (SSSR count). The van der Waals surface area contributed by atoms with E-state index in [-0.39, 0.29) is 0 Å². The first-order valence-electron chi connectivity index (χ1n) is 6.79. The molecule has 18 heavy (non-hydrogen) atoms. The van der Waals surface area contributed by atoms with Gasteiger partial charge >= 0.3 is 0 Å². The van der Waals surface area contributed by atoms with Crippen molar-refractivity contribution in [2.45, 2.75) is 33.6 Å². The number of allylic oxidation sites excluding steroid dienone is 1. The minimum Gasteiger partial charge on any atom is -0.0814 e. The van der Waals surface area contributed by atoms with Gasteiger partial charge in [0.15, 0.2) is 0 Å². The molecule has 0 heteroatoms. The van der Waals surface area contributed by atoms with Crippen molar-refractivity contribution < 1.29 is 0 Å². The van der Waals surface area contributed by atoms with E-state index in [2.05, 4.69) is 76.2 Å². The van der Waals surface area contributed by atoms with Gasteiger partial charge < -0.3 is 0 Å². The standard InChI is InChI=1S/C18H22/c1-13(2)9-10-15-11-12-16(14(3)4)18-8-6-5-7-17(15)18/h5-14H,1-4H3/b10-9+. The second-order valence-electron chi connectivity index (χ2n) is 5.55. The first-order chi connectivity index (χ1) is 8.59. The zero-order valence-electron chi connectivity index (χ0n) is 11.8.